The number of benzene rings is 2. The lowest BCUT2D eigenvalue weighted by Gasteiger charge is -2.41. The fourth-order valence-electron chi connectivity index (χ4n) is 3.73. The molecule has 0 radical (unpaired) electrons. The zero-order chi connectivity index (χ0) is 17.3. The molecule has 2 aromatic rings. The summed E-state index contributed by atoms with van der Waals surface area (Å²) in [5.74, 6) is 0. The molecular formula is C20H24N2O2S. The Morgan fingerprint density at radius 2 is 1.52 bits per heavy atom. The van der Waals surface area contributed by atoms with Gasteiger partial charge >= 0.3 is 0 Å². The van der Waals surface area contributed by atoms with Crippen LogP contribution >= 0.6 is 0 Å². The molecule has 1 saturated heterocycles. The number of hydrogen-bond donors (Lipinski definition) is 0. The third-order valence-corrected chi connectivity index (χ3v) is 7.15. The molecule has 1 saturated carbocycles. The van der Waals surface area contributed by atoms with Gasteiger partial charge in [-0.15, -0.1) is 0 Å². The van der Waals surface area contributed by atoms with Gasteiger partial charge in [0.2, 0.25) is 10.0 Å². The van der Waals surface area contributed by atoms with Gasteiger partial charge in [-0.05, 0) is 37.0 Å². The average molecular weight is 356 g/mol. The summed E-state index contributed by atoms with van der Waals surface area (Å²) < 4.78 is 28.1. The van der Waals surface area contributed by atoms with Gasteiger partial charge in [0.05, 0.1) is 4.90 Å². The summed E-state index contributed by atoms with van der Waals surface area (Å²) in [6.45, 7) is 2.23. The first-order chi connectivity index (χ1) is 12.1. The van der Waals surface area contributed by atoms with E-state index < -0.39 is 10.0 Å². The summed E-state index contributed by atoms with van der Waals surface area (Å²) in [5.41, 5.74) is 1.19. The van der Waals surface area contributed by atoms with Crippen LogP contribution in [0.3, 0.4) is 0 Å². The highest BCUT2D eigenvalue weighted by atomic mass is 32.2. The van der Waals surface area contributed by atoms with Crippen molar-refractivity contribution in [1.82, 2.24) is 9.21 Å². The maximum absolute atomic E-state index is 13.2. The Hall–Kier alpha value is -1.69. The summed E-state index contributed by atoms with van der Waals surface area (Å²) in [5, 5.41) is 0. The minimum atomic E-state index is -3.45. The molecule has 5 heteroatoms. The maximum Gasteiger partial charge on any atom is 0.243 e. The van der Waals surface area contributed by atoms with E-state index in [2.05, 4.69) is 17.0 Å². The number of piperazine rings is 1. The summed E-state index contributed by atoms with van der Waals surface area (Å²) in [4.78, 5) is 2.87. The van der Waals surface area contributed by atoms with E-state index in [1.165, 1.54) is 18.4 Å². The highest BCUT2D eigenvalue weighted by Crippen LogP contribution is 2.31. The lowest BCUT2D eigenvalue weighted by atomic mass is 10.0. The molecule has 4 rings (SSSR count). The fraction of sp³-hybridized carbons (Fsp3) is 0.400. The van der Waals surface area contributed by atoms with Crippen molar-refractivity contribution >= 4 is 10.0 Å². The van der Waals surface area contributed by atoms with Crippen molar-refractivity contribution in [2.45, 2.75) is 36.2 Å². The van der Waals surface area contributed by atoms with Crippen LogP contribution in [0.25, 0.3) is 0 Å². The first kappa shape index (κ1) is 16.8. The van der Waals surface area contributed by atoms with Gasteiger partial charge in [0.15, 0.2) is 0 Å². The van der Waals surface area contributed by atoms with E-state index in [-0.39, 0.29) is 6.04 Å². The molecule has 0 aromatic heterocycles. The Morgan fingerprint density at radius 1 is 0.880 bits per heavy atom. The molecule has 2 aliphatic rings. The predicted octanol–water partition coefficient (Wildman–Crippen LogP) is 2.77. The zero-order valence-corrected chi connectivity index (χ0v) is 15.1. The lowest BCUT2D eigenvalue weighted by molar-refractivity contribution is 0.128. The summed E-state index contributed by atoms with van der Waals surface area (Å²) in [6, 6.07) is 19.7. The molecule has 1 unspecified atom stereocenters. The largest absolute Gasteiger partial charge is 0.297 e. The molecule has 1 heterocycles. The van der Waals surface area contributed by atoms with Crippen LogP contribution < -0.4 is 0 Å². The van der Waals surface area contributed by atoms with Crippen molar-refractivity contribution < 1.29 is 8.42 Å². The summed E-state index contributed by atoms with van der Waals surface area (Å²) >= 11 is 0. The molecule has 2 aromatic carbocycles. The summed E-state index contributed by atoms with van der Waals surface area (Å²) in [6.07, 6.45) is 3.27. The maximum atomic E-state index is 13.2. The molecule has 0 bridgehead atoms. The summed E-state index contributed by atoms with van der Waals surface area (Å²) in [7, 11) is -3.45. The van der Waals surface area contributed by atoms with E-state index in [0.717, 1.165) is 19.5 Å². The van der Waals surface area contributed by atoms with Crippen molar-refractivity contribution in [3.05, 3.63) is 66.2 Å². The van der Waals surface area contributed by atoms with Gasteiger partial charge in [0, 0.05) is 31.7 Å². The average Bonchev–Trinajstić information content (AvgIpc) is 3.48. The fourth-order valence-corrected chi connectivity index (χ4v) is 5.36. The quantitative estimate of drug-likeness (QED) is 0.827. The second-order valence-electron chi connectivity index (χ2n) is 7.00. The Bertz CT molecular complexity index is 804. The SMILES string of the molecule is O=S(=O)(c1ccccc1)N1CCN(C2CC2)CC1Cc1ccccc1. The highest BCUT2D eigenvalue weighted by Gasteiger charge is 2.40. The third-order valence-electron chi connectivity index (χ3n) is 5.19. The Kier molecular flexibility index (Phi) is 4.63. The van der Waals surface area contributed by atoms with Gasteiger partial charge in [-0.2, -0.15) is 4.31 Å². The second-order valence-corrected chi connectivity index (χ2v) is 8.89. The van der Waals surface area contributed by atoms with E-state index in [0.29, 0.717) is 17.5 Å². The molecule has 1 aliphatic carbocycles. The van der Waals surface area contributed by atoms with E-state index in [1.807, 2.05) is 24.3 Å². The van der Waals surface area contributed by atoms with Crippen LogP contribution in [-0.2, 0) is 16.4 Å². The predicted molar refractivity (Wildman–Crippen MR) is 98.9 cm³/mol. The zero-order valence-electron chi connectivity index (χ0n) is 14.3. The number of nitrogens with zero attached hydrogens (tertiary/aromatic N) is 2. The van der Waals surface area contributed by atoms with Crippen molar-refractivity contribution in [1.29, 1.82) is 0 Å². The third kappa shape index (κ3) is 3.64. The minimum absolute atomic E-state index is 0.0121. The molecule has 0 amide bonds. The normalized spacial score (nSPS) is 22.8. The van der Waals surface area contributed by atoms with Crippen LogP contribution in [0.15, 0.2) is 65.6 Å². The Labute approximate surface area is 150 Å². The van der Waals surface area contributed by atoms with E-state index in [4.69, 9.17) is 0 Å². The molecule has 4 nitrogen and oxygen atoms in total. The van der Waals surface area contributed by atoms with Gasteiger partial charge in [-0.3, -0.25) is 4.90 Å². The van der Waals surface area contributed by atoms with Crippen LogP contribution in [0, 0.1) is 0 Å². The van der Waals surface area contributed by atoms with Gasteiger partial charge in [0.1, 0.15) is 0 Å². The molecule has 0 N–H and O–H groups in total. The van der Waals surface area contributed by atoms with Crippen molar-refractivity contribution in [2.75, 3.05) is 19.6 Å². The van der Waals surface area contributed by atoms with Crippen molar-refractivity contribution in [3.8, 4) is 0 Å². The van der Waals surface area contributed by atoms with Crippen LogP contribution in [0.5, 0.6) is 0 Å². The molecule has 25 heavy (non-hydrogen) atoms. The first-order valence-corrected chi connectivity index (χ1v) is 10.4. The van der Waals surface area contributed by atoms with Gasteiger partial charge < -0.3 is 0 Å². The van der Waals surface area contributed by atoms with E-state index in [9.17, 15) is 8.42 Å². The highest BCUT2D eigenvalue weighted by molar-refractivity contribution is 7.89. The van der Waals surface area contributed by atoms with Crippen LogP contribution in [0.1, 0.15) is 18.4 Å². The van der Waals surface area contributed by atoms with Crippen molar-refractivity contribution in [2.24, 2.45) is 0 Å². The number of hydrogen-bond acceptors (Lipinski definition) is 3. The molecule has 0 spiro atoms. The number of sulfonamides is 1. The monoisotopic (exact) mass is 356 g/mol. The number of rotatable bonds is 5. The Balaban J connectivity index is 1.62. The van der Waals surface area contributed by atoms with Crippen LogP contribution in [0.4, 0.5) is 0 Å². The molecule has 2 fully saturated rings. The Morgan fingerprint density at radius 3 is 2.16 bits per heavy atom. The lowest BCUT2D eigenvalue weighted by Crippen LogP contribution is -2.56. The molecule has 1 atom stereocenters. The smallest absolute Gasteiger partial charge is 0.243 e. The van der Waals surface area contributed by atoms with Crippen LogP contribution in [-0.4, -0.2) is 49.3 Å². The topological polar surface area (TPSA) is 40.6 Å². The van der Waals surface area contributed by atoms with Gasteiger partial charge in [-0.25, -0.2) is 8.42 Å². The van der Waals surface area contributed by atoms with Gasteiger partial charge in [-0.1, -0.05) is 48.5 Å². The standard InChI is InChI=1S/C20H24N2O2S/c23-25(24,20-9-5-2-6-10-20)22-14-13-21(18-11-12-18)16-19(22)15-17-7-3-1-4-8-17/h1-10,18-19H,11-16H2. The second kappa shape index (κ2) is 6.90. The van der Waals surface area contributed by atoms with Crippen molar-refractivity contribution in [3.63, 3.8) is 0 Å². The van der Waals surface area contributed by atoms with Gasteiger partial charge in [0.25, 0.3) is 0 Å². The molecule has 132 valence electrons. The van der Waals surface area contributed by atoms with E-state index >= 15 is 0 Å². The molecule has 1 aliphatic heterocycles. The van der Waals surface area contributed by atoms with E-state index in [1.54, 1.807) is 28.6 Å². The minimum Gasteiger partial charge on any atom is -0.297 e. The first-order valence-electron chi connectivity index (χ1n) is 8.99. The molecular weight excluding hydrogens is 332 g/mol. The van der Waals surface area contributed by atoms with Crippen LogP contribution in [0.2, 0.25) is 0 Å².